The molecule has 3 rings (SSSR count). The second-order valence-electron chi connectivity index (χ2n) is 5.81. The molecule has 120 valence electrons. The smallest absolute Gasteiger partial charge is 0.250 e. The molecule has 0 saturated carbocycles. The summed E-state index contributed by atoms with van der Waals surface area (Å²) < 4.78 is 1.46. The van der Waals surface area contributed by atoms with Gasteiger partial charge < -0.3 is 9.47 Å². The normalized spacial score (nSPS) is 15.6. The predicted octanol–water partition coefficient (Wildman–Crippen LogP) is 1.19. The van der Waals surface area contributed by atoms with Crippen LogP contribution in [0.25, 0.3) is 0 Å². The third-order valence-electron chi connectivity index (χ3n) is 4.18. The number of amides is 1. The fourth-order valence-electron chi connectivity index (χ4n) is 2.83. The Kier molecular flexibility index (Phi) is 4.88. The number of nitrogens with zero attached hydrogens (tertiary/aromatic N) is 3. The Morgan fingerprint density at radius 3 is 2.30 bits per heavy atom. The fraction of sp³-hybridized carbons (Fsp3) is 0.333. The number of hydrogen-bond acceptors (Lipinski definition) is 3. The maximum absolute atomic E-state index is 12.3. The van der Waals surface area contributed by atoms with E-state index in [9.17, 15) is 9.59 Å². The highest BCUT2D eigenvalue weighted by Crippen LogP contribution is 2.08. The van der Waals surface area contributed by atoms with Gasteiger partial charge in [-0.15, -0.1) is 0 Å². The van der Waals surface area contributed by atoms with Crippen LogP contribution in [0.3, 0.4) is 0 Å². The van der Waals surface area contributed by atoms with E-state index >= 15 is 0 Å². The van der Waals surface area contributed by atoms with Crippen LogP contribution in [0, 0.1) is 0 Å². The Balaban J connectivity index is 1.51. The number of carbonyl (C=O) groups is 1. The van der Waals surface area contributed by atoms with Crippen molar-refractivity contribution in [2.24, 2.45) is 0 Å². The quantitative estimate of drug-likeness (QED) is 0.852. The van der Waals surface area contributed by atoms with Crippen molar-refractivity contribution in [1.29, 1.82) is 0 Å². The SMILES string of the molecule is O=C(Cn1ccccc1=O)N1CCN(Cc2ccccc2)CC1. The van der Waals surface area contributed by atoms with Gasteiger partial charge in [-0.25, -0.2) is 0 Å². The second-order valence-corrected chi connectivity index (χ2v) is 5.81. The molecule has 2 aromatic rings. The fourth-order valence-corrected chi connectivity index (χ4v) is 2.83. The van der Waals surface area contributed by atoms with Crippen molar-refractivity contribution in [3.05, 3.63) is 70.6 Å². The molecule has 5 heteroatoms. The summed E-state index contributed by atoms with van der Waals surface area (Å²) in [6, 6.07) is 15.3. The molecule has 0 atom stereocenters. The van der Waals surface area contributed by atoms with Crippen molar-refractivity contribution in [3.63, 3.8) is 0 Å². The summed E-state index contributed by atoms with van der Waals surface area (Å²) in [7, 11) is 0. The molecule has 2 heterocycles. The zero-order chi connectivity index (χ0) is 16.1. The van der Waals surface area contributed by atoms with Gasteiger partial charge in [0.05, 0.1) is 0 Å². The van der Waals surface area contributed by atoms with E-state index in [2.05, 4.69) is 17.0 Å². The van der Waals surface area contributed by atoms with Crippen LogP contribution < -0.4 is 5.56 Å². The molecule has 0 N–H and O–H groups in total. The minimum atomic E-state index is -0.136. The molecule has 23 heavy (non-hydrogen) atoms. The summed E-state index contributed by atoms with van der Waals surface area (Å²) >= 11 is 0. The molecule has 1 fully saturated rings. The summed E-state index contributed by atoms with van der Waals surface area (Å²) in [6.45, 7) is 4.20. The molecule has 1 aliphatic rings. The van der Waals surface area contributed by atoms with E-state index in [4.69, 9.17) is 0 Å². The third-order valence-corrected chi connectivity index (χ3v) is 4.18. The Hall–Kier alpha value is -2.40. The lowest BCUT2D eigenvalue weighted by molar-refractivity contribution is -0.133. The number of rotatable bonds is 4. The minimum Gasteiger partial charge on any atom is -0.339 e. The molecular formula is C18H21N3O2. The van der Waals surface area contributed by atoms with Gasteiger partial charge in [-0.2, -0.15) is 0 Å². The monoisotopic (exact) mass is 311 g/mol. The summed E-state index contributed by atoms with van der Waals surface area (Å²) in [4.78, 5) is 28.2. The maximum Gasteiger partial charge on any atom is 0.250 e. The van der Waals surface area contributed by atoms with Gasteiger partial charge in [0.2, 0.25) is 5.91 Å². The standard InChI is InChI=1S/C18H21N3O2/c22-17-8-4-5-9-21(17)15-18(23)20-12-10-19(11-13-20)14-16-6-2-1-3-7-16/h1-9H,10-15H2. The molecule has 1 amide bonds. The number of hydrogen-bond donors (Lipinski definition) is 0. The highest BCUT2D eigenvalue weighted by molar-refractivity contribution is 5.76. The molecule has 0 spiro atoms. The van der Waals surface area contributed by atoms with Crippen LogP contribution in [0.4, 0.5) is 0 Å². The lowest BCUT2D eigenvalue weighted by atomic mass is 10.2. The molecule has 0 radical (unpaired) electrons. The first-order valence-corrected chi connectivity index (χ1v) is 7.92. The highest BCUT2D eigenvalue weighted by atomic mass is 16.2. The molecule has 1 aromatic carbocycles. The van der Waals surface area contributed by atoms with Crippen LogP contribution in [-0.2, 0) is 17.9 Å². The van der Waals surface area contributed by atoms with Crippen molar-refractivity contribution in [1.82, 2.24) is 14.4 Å². The van der Waals surface area contributed by atoms with Crippen LogP contribution >= 0.6 is 0 Å². The van der Waals surface area contributed by atoms with Crippen molar-refractivity contribution in [3.8, 4) is 0 Å². The van der Waals surface area contributed by atoms with E-state index in [1.807, 2.05) is 23.1 Å². The van der Waals surface area contributed by atoms with Crippen molar-refractivity contribution < 1.29 is 4.79 Å². The largest absolute Gasteiger partial charge is 0.339 e. The lowest BCUT2D eigenvalue weighted by Crippen LogP contribution is -2.49. The zero-order valence-corrected chi connectivity index (χ0v) is 13.1. The van der Waals surface area contributed by atoms with Gasteiger partial charge in [0.1, 0.15) is 6.54 Å². The van der Waals surface area contributed by atoms with Crippen LogP contribution in [0.2, 0.25) is 0 Å². The minimum absolute atomic E-state index is 0.0117. The number of carbonyl (C=O) groups excluding carboxylic acids is 1. The first-order chi connectivity index (χ1) is 11.2. The van der Waals surface area contributed by atoms with Crippen molar-refractivity contribution in [2.45, 2.75) is 13.1 Å². The Bertz CT molecular complexity index is 703. The first kappa shape index (κ1) is 15.5. The average Bonchev–Trinajstić information content (AvgIpc) is 2.58. The molecule has 1 saturated heterocycles. The van der Waals surface area contributed by atoms with Gasteiger partial charge >= 0.3 is 0 Å². The summed E-state index contributed by atoms with van der Waals surface area (Å²) in [5, 5.41) is 0. The lowest BCUT2D eigenvalue weighted by Gasteiger charge is -2.34. The number of aromatic nitrogens is 1. The molecule has 1 aromatic heterocycles. The van der Waals surface area contributed by atoms with Gasteiger partial charge in [-0.3, -0.25) is 14.5 Å². The van der Waals surface area contributed by atoms with E-state index < -0.39 is 0 Å². The summed E-state index contributed by atoms with van der Waals surface area (Å²) in [5.74, 6) is 0.0117. The van der Waals surface area contributed by atoms with Gasteiger partial charge in [-0.1, -0.05) is 36.4 Å². The van der Waals surface area contributed by atoms with Gasteiger partial charge in [0.25, 0.3) is 5.56 Å². The van der Waals surface area contributed by atoms with Crippen LogP contribution in [0.1, 0.15) is 5.56 Å². The number of benzene rings is 1. The van der Waals surface area contributed by atoms with Crippen molar-refractivity contribution in [2.75, 3.05) is 26.2 Å². The van der Waals surface area contributed by atoms with Gasteiger partial charge in [-0.05, 0) is 11.6 Å². The molecule has 1 aliphatic heterocycles. The number of pyridine rings is 1. The predicted molar refractivity (Wildman–Crippen MR) is 89.0 cm³/mol. The van der Waals surface area contributed by atoms with E-state index in [0.29, 0.717) is 13.1 Å². The van der Waals surface area contributed by atoms with Gasteiger partial charge in [0, 0.05) is 45.0 Å². The zero-order valence-electron chi connectivity index (χ0n) is 13.1. The number of piperazine rings is 1. The van der Waals surface area contributed by atoms with Crippen LogP contribution in [0.5, 0.6) is 0 Å². The van der Waals surface area contributed by atoms with E-state index in [-0.39, 0.29) is 18.0 Å². The highest BCUT2D eigenvalue weighted by Gasteiger charge is 2.21. The van der Waals surface area contributed by atoms with Gasteiger partial charge in [0.15, 0.2) is 0 Å². The second kappa shape index (κ2) is 7.24. The molecule has 0 aliphatic carbocycles. The Labute approximate surface area is 135 Å². The third kappa shape index (κ3) is 4.07. The van der Waals surface area contributed by atoms with E-state index in [1.54, 1.807) is 18.3 Å². The molecule has 5 nitrogen and oxygen atoms in total. The molecular weight excluding hydrogens is 290 g/mol. The van der Waals surface area contributed by atoms with Crippen LogP contribution in [0.15, 0.2) is 59.5 Å². The Morgan fingerprint density at radius 2 is 1.61 bits per heavy atom. The topological polar surface area (TPSA) is 45.6 Å². The summed E-state index contributed by atoms with van der Waals surface area (Å²) in [5.41, 5.74) is 1.16. The average molecular weight is 311 g/mol. The maximum atomic E-state index is 12.3. The van der Waals surface area contributed by atoms with E-state index in [1.165, 1.54) is 16.2 Å². The van der Waals surface area contributed by atoms with E-state index in [0.717, 1.165) is 19.6 Å². The first-order valence-electron chi connectivity index (χ1n) is 7.92. The van der Waals surface area contributed by atoms with Crippen molar-refractivity contribution >= 4 is 5.91 Å². The molecule has 0 bridgehead atoms. The Morgan fingerprint density at radius 1 is 0.913 bits per heavy atom. The molecule has 0 unspecified atom stereocenters. The van der Waals surface area contributed by atoms with Crippen LogP contribution in [-0.4, -0.2) is 46.5 Å². The summed E-state index contributed by atoms with van der Waals surface area (Å²) in [6.07, 6.45) is 1.66.